The highest BCUT2D eigenvalue weighted by molar-refractivity contribution is 5.86. The van der Waals surface area contributed by atoms with E-state index in [0.29, 0.717) is 24.9 Å². The van der Waals surface area contributed by atoms with Gasteiger partial charge < -0.3 is 27.0 Å². The van der Waals surface area contributed by atoms with Crippen LogP contribution in [0.2, 0.25) is 0 Å². The van der Waals surface area contributed by atoms with Gasteiger partial charge in [-0.3, -0.25) is 9.59 Å². The molecule has 0 unspecified atom stereocenters. The Morgan fingerprint density at radius 3 is 2.48 bits per heavy atom. The highest BCUT2D eigenvalue weighted by Gasteiger charge is 2.23. The van der Waals surface area contributed by atoms with Gasteiger partial charge in [0.2, 0.25) is 11.3 Å². The fourth-order valence-electron chi connectivity index (χ4n) is 1.91. The molecule has 0 saturated carbocycles. The second kappa shape index (κ2) is 8.86. The Bertz CT molecular complexity index is 620. The third kappa shape index (κ3) is 6.05. The predicted octanol–water partition coefficient (Wildman–Crippen LogP) is -1.07. The van der Waals surface area contributed by atoms with Crippen LogP contribution in [0.5, 0.6) is 5.75 Å². The molecule has 0 bridgehead atoms. The molecule has 0 aliphatic heterocycles. The van der Waals surface area contributed by atoms with E-state index < -0.39 is 35.1 Å². The van der Waals surface area contributed by atoms with E-state index in [-0.39, 0.29) is 6.42 Å². The first kappa shape index (κ1) is 18.6. The Kier molecular flexibility index (Phi) is 7.17. The molecule has 2 atom stereocenters. The normalized spacial score (nSPS) is 13.1. The van der Waals surface area contributed by atoms with Crippen LogP contribution in [0.4, 0.5) is 0 Å². The largest absolute Gasteiger partial charge is 0.504 e. The van der Waals surface area contributed by atoms with Crippen LogP contribution in [0.25, 0.3) is 0 Å². The Labute approximate surface area is 133 Å². The summed E-state index contributed by atoms with van der Waals surface area (Å²) in [6, 6.07) is 3.13. The van der Waals surface area contributed by atoms with Gasteiger partial charge in [-0.25, -0.2) is 4.79 Å². The van der Waals surface area contributed by atoms with Crippen molar-refractivity contribution >= 4 is 11.9 Å². The molecule has 0 aromatic heterocycles. The number of nitrogens with one attached hydrogen (secondary N) is 1. The maximum Gasteiger partial charge on any atom is 0.326 e. The van der Waals surface area contributed by atoms with Crippen LogP contribution in [-0.2, 0) is 16.0 Å². The molecule has 7 N–H and O–H groups in total. The van der Waals surface area contributed by atoms with Crippen LogP contribution in [-0.4, -0.2) is 40.7 Å². The molecule has 1 rings (SSSR count). The molecule has 8 heteroatoms. The molecule has 1 aromatic carbocycles. The minimum Gasteiger partial charge on any atom is -0.504 e. The van der Waals surface area contributed by atoms with Gasteiger partial charge in [-0.15, -0.1) is 0 Å². The fourth-order valence-corrected chi connectivity index (χ4v) is 1.91. The Hall–Kier alpha value is -2.45. The van der Waals surface area contributed by atoms with Crippen molar-refractivity contribution in [1.82, 2.24) is 5.32 Å². The summed E-state index contributed by atoms with van der Waals surface area (Å²) in [6.45, 7) is 0.394. The van der Waals surface area contributed by atoms with Crippen molar-refractivity contribution in [2.75, 3.05) is 6.54 Å². The van der Waals surface area contributed by atoms with E-state index in [1.54, 1.807) is 0 Å². The van der Waals surface area contributed by atoms with Gasteiger partial charge in [0, 0.05) is 6.42 Å². The van der Waals surface area contributed by atoms with E-state index in [4.69, 9.17) is 11.5 Å². The van der Waals surface area contributed by atoms with Crippen LogP contribution in [0, 0.1) is 0 Å². The lowest BCUT2D eigenvalue weighted by atomic mass is 10.1. The third-order valence-corrected chi connectivity index (χ3v) is 3.27. The molecular weight excluding hydrogens is 302 g/mol. The number of amides is 1. The number of hydrogen-bond acceptors (Lipinski definition) is 6. The zero-order valence-corrected chi connectivity index (χ0v) is 12.6. The van der Waals surface area contributed by atoms with Crippen LogP contribution in [0.15, 0.2) is 29.1 Å². The molecule has 1 amide bonds. The number of carbonyl (C=O) groups is 2. The van der Waals surface area contributed by atoms with Gasteiger partial charge in [0.15, 0.2) is 5.75 Å². The third-order valence-electron chi connectivity index (χ3n) is 3.27. The predicted molar refractivity (Wildman–Crippen MR) is 83.9 cm³/mol. The number of carboxylic acid groups (broad SMARTS) is 1. The smallest absolute Gasteiger partial charge is 0.326 e. The second-order valence-electron chi connectivity index (χ2n) is 5.13. The highest BCUT2D eigenvalue weighted by Crippen LogP contribution is 2.06. The summed E-state index contributed by atoms with van der Waals surface area (Å²) < 4.78 is 0. The van der Waals surface area contributed by atoms with Gasteiger partial charge in [0.25, 0.3) is 0 Å². The Balaban J connectivity index is 2.80. The van der Waals surface area contributed by atoms with Crippen molar-refractivity contribution in [3.63, 3.8) is 0 Å². The standard InChI is InChI=1S/C15H21N3O5/c16-7-1-2-10(17)14(21)18-11(15(22)23)8-9-3-5-12(19)13(20)6-4-9/h3-6,10-11H,1-2,7-8,16-17H2,(H,18,21)(H,19,20)(H,22,23)/t10-,11-/m0/s1. The lowest BCUT2D eigenvalue weighted by Gasteiger charge is -2.17. The van der Waals surface area contributed by atoms with Crippen molar-refractivity contribution in [2.45, 2.75) is 31.3 Å². The summed E-state index contributed by atoms with van der Waals surface area (Å²) in [4.78, 5) is 34.5. The van der Waals surface area contributed by atoms with Crippen molar-refractivity contribution in [2.24, 2.45) is 11.5 Å². The molecule has 8 nitrogen and oxygen atoms in total. The zero-order valence-electron chi connectivity index (χ0n) is 12.6. The number of nitrogens with two attached hydrogens (primary N) is 2. The van der Waals surface area contributed by atoms with Crippen LogP contribution in [0.3, 0.4) is 0 Å². The number of hydrogen-bond donors (Lipinski definition) is 5. The summed E-state index contributed by atoms with van der Waals surface area (Å²) in [5.74, 6) is -2.23. The van der Waals surface area contributed by atoms with Crippen molar-refractivity contribution < 1.29 is 19.8 Å². The molecule has 0 fully saturated rings. The van der Waals surface area contributed by atoms with E-state index in [2.05, 4.69) is 5.32 Å². The molecule has 0 heterocycles. The molecule has 0 aliphatic rings. The fraction of sp³-hybridized carbons (Fsp3) is 0.400. The SMILES string of the molecule is NCCC[C@H](N)C(=O)N[C@@H](Cc1ccc(O)c(=O)cc1)C(=O)O. The number of aromatic hydroxyl groups is 1. The maximum absolute atomic E-state index is 11.9. The lowest BCUT2D eigenvalue weighted by molar-refractivity contribution is -0.142. The van der Waals surface area contributed by atoms with Gasteiger partial charge in [0.05, 0.1) is 6.04 Å². The van der Waals surface area contributed by atoms with E-state index in [1.807, 2.05) is 0 Å². The Morgan fingerprint density at radius 2 is 1.87 bits per heavy atom. The maximum atomic E-state index is 11.9. The van der Waals surface area contributed by atoms with E-state index in [0.717, 1.165) is 6.07 Å². The molecule has 0 aliphatic carbocycles. The van der Waals surface area contributed by atoms with Crippen molar-refractivity contribution in [3.8, 4) is 5.75 Å². The van der Waals surface area contributed by atoms with Crippen LogP contribution in [0.1, 0.15) is 18.4 Å². The van der Waals surface area contributed by atoms with Crippen molar-refractivity contribution in [1.29, 1.82) is 0 Å². The van der Waals surface area contributed by atoms with Crippen LogP contribution < -0.4 is 22.2 Å². The number of carbonyl (C=O) groups excluding carboxylic acids is 1. The summed E-state index contributed by atoms with van der Waals surface area (Å²) >= 11 is 0. The van der Waals surface area contributed by atoms with Gasteiger partial charge in [-0.05, 0) is 37.1 Å². The quantitative estimate of drug-likeness (QED) is 0.408. The van der Waals surface area contributed by atoms with E-state index >= 15 is 0 Å². The number of rotatable bonds is 8. The first-order chi connectivity index (χ1) is 10.8. The van der Waals surface area contributed by atoms with Crippen LogP contribution >= 0.6 is 0 Å². The summed E-state index contributed by atoms with van der Waals surface area (Å²) in [5, 5.41) is 20.9. The minimum absolute atomic E-state index is 0.0434. The number of aliphatic carboxylic acids is 1. The average Bonchev–Trinajstić information content (AvgIpc) is 2.67. The average molecular weight is 323 g/mol. The first-order valence-electron chi connectivity index (χ1n) is 7.16. The monoisotopic (exact) mass is 323 g/mol. The van der Waals surface area contributed by atoms with Gasteiger partial charge in [0.1, 0.15) is 6.04 Å². The summed E-state index contributed by atoms with van der Waals surface area (Å²) in [7, 11) is 0. The van der Waals surface area contributed by atoms with E-state index in [1.165, 1.54) is 18.2 Å². The zero-order chi connectivity index (χ0) is 17.4. The molecule has 23 heavy (non-hydrogen) atoms. The molecule has 0 radical (unpaired) electrons. The molecule has 0 saturated heterocycles. The first-order valence-corrected chi connectivity index (χ1v) is 7.16. The second-order valence-corrected chi connectivity index (χ2v) is 5.13. The molecule has 126 valence electrons. The minimum atomic E-state index is -1.22. The Morgan fingerprint density at radius 1 is 1.22 bits per heavy atom. The van der Waals surface area contributed by atoms with E-state index in [9.17, 15) is 24.6 Å². The number of carboxylic acids is 1. The molecule has 0 spiro atoms. The van der Waals surface area contributed by atoms with Gasteiger partial charge >= 0.3 is 5.97 Å². The summed E-state index contributed by atoms with van der Waals surface area (Å²) in [6.07, 6.45) is 0.882. The van der Waals surface area contributed by atoms with Crippen molar-refractivity contribution in [3.05, 3.63) is 40.1 Å². The van der Waals surface area contributed by atoms with Gasteiger partial charge in [-0.1, -0.05) is 12.1 Å². The van der Waals surface area contributed by atoms with Gasteiger partial charge in [-0.2, -0.15) is 0 Å². The molecule has 1 aromatic rings. The molecular formula is C15H21N3O5. The topological polar surface area (TPSA) is 156 Å². The lowest BCUT2D eigenvalue weighted by Crippen LogP contribution is -2.49. The summed E-state index contributed by atoms with van der Waals surface area (Å²) in [5.41, 5.74) is 10.9. The highest BCUT2D eigenvalue weighted by atomic mass is 16.4.